The molecule has 19 heavy (non-hydrogen) atoms. The molecule has 1 amide bonds. The molecule has 0 aliphatic heterocycles. The molecule has 0 radical (unpaired) electrons. The molecule has 1 rings (SSSR count). The molecular weight excluding hydrogens is 246 g/mol. The lowest BCUT2D eigenvalue weighted by Gasteiger charge is -2.14. The second kappa shape index (κ2) is 6.63. The molecule has 0 aliphatic carbocycles. The van der Waals surface area contributed by atoms with E-state index in [1.165, 1.54) is 11.1 Å². The summed E-state index contributed by atoms with van der Waals surface area (Å²) in [4.78, 5) is 19.1. The molecule has 0 heterocycles. The van der Waals surface area contributed by atoms with Crippen LogP contribution in [0.25, 0.3) is 0 Å². The number of hydrogen-bond acceptors (Lipinski definition) is 5. The Morgan fingerprint density at radius 3 is 2.47 bits per heavy atom. The van der Waals surface area contributed by atoms with Crippen LogP contribution in [-0.4, -0.2) is 52.5 Å². The Morgan fingerprint density at radius 2 is 1.95 bits per heavy atom. The second-order valence-electron chi connectivity index (χ2n) is 4.31. The molecule has 1 aromatic rings. The molecule has 0 atom stereocenters. The van der Waals surface area contributed by atoms with Crippen LogP contribution in [-0.2, 0) is 4.84 Å². The topological polar surface area (TPSA) is 54.4 Å². The highest BCUT2D eigenvalue weighted by molar-refractivity contribution is 5.84. The van der Waals surface area contributed by atoms with E-state index in [0.717, 1.165) is 11.3 Å². The van der Waals surface area contributed by atoms with Gasteiger partial charge in [-0.1, -0.05) is 5.16 Å². The Balaban J connectivity index is 2.83. The Bertz CT molecular complexity index is 470. The van der Waals surface area contributed by atoms with Gasteiger partial charge in [0.25, 0.3) is 0 Å². The Kier molecular flexibility index (Phi) is 5.17. The fourth-order valence-electron chi connectivity index (χ4n) is 1.29. The van der Waals surface area contributed by atoms with E-state index >= 15 is 0 Å². The van der Waals surface area contributed by atoms with Crippen molar-refractivity contribution in [1.82, 2.24) is 4.90 Å². The predicted molar refractivity (Wildman–Crippen MR) is 75.1 cm³/mol. The van der Waals surface area contributed by atoms with E-state index in [-0.39, 0.29) is 0 Å². The van der Waals surface area contributed by atoms with Crippen LogP contribution in [0.1, 0.15) is 5.56 Å². The molecule has 0 spiro atoms. The lowest BCUT2D eigenvalue weighted by atomic mass is 10.2. The molecule has 6 nitrogen and oxygen atoms in total. The molecule has 0 aromatic heterocycles. The first-order valence-electron chi connectivity index (χ1n) is 5.72. The number of carbonyl (C=O) groups excluding carboxylic acids is 1. The maximum Gasteiger partial charge on any atom is 0.435 e. The van der Waals surface area contributed by atoms with Gasteiger partial charge in [0.15, 0.2) is 0 Å². The molecule has 0 fully saturated rings. The van der Waals surface area contributed by atoms with Crippen molar-refractivity contribution < 1.29 is 14.4 Å². The second-order valence-corrected chi connectivity index (χ2v) is 4.31. The number of amides is 1. The normalized spacial score (nSPS) is 10.4. The monoisotopic (exact) mass is 265 g/mol. The third-order valence-electron chi connectivity index (χ3n) is 2.42. The number of anilines is 1. The number of nitrogens with zero attached hydrogens (tertiary/aromatic N) is 3. The third kappa shape index (κ3) is 4.17. The molecular formula is C13H19N3O3. The van der Waals surface area contributed by atoms with Gasteiger partial charge < -0.3 is 14.5 Å². The van der Waals surface area contributed by atoms with E-state index in [4.69, 9.17) is 4.74 Å². The van der Waals surface area contributed by atoms with Crippen LogP contribution in [0, 0.1) is 0 Å². The highest BCUT2D eigenvalue weighted by Gasteiger charge is 2.06. The van der Waals surface area contributed by atoms with Gasteiger partial charge in [0.2, 0.25) is 0 Å². The zero-order valence-electron chi connectivity index (χ0n) is 11.9. The summed E-state index contributed by atoms with van der Waals surface area (Å²) in [6.07, 6.45) is 0.916. The van der Waals surface area contributed by atoms with E-state index in [9.17, 15) is 4.79 Å². The van der Waals surface area contributed by atoms with Crippen molar-refractivity contribution in [1.29, 1.82) is 0 Å². The van der Waals surface area contributed by atoms with Gasteiger partial charge in [0, 0.05) is 45.5 Å². The molecule has 0 N–H and O–H groups in total. The van der Waals surface area contributed by atoms with Gasteiger partial charge in [-0.3, -0.25) is 4.84 Å². The molecule has 0 bridgehead atoms. The van der Waals surface area contributed by atoms with Crippen molar-refractivity contribution in [2.75, 3.05) is 40.2 Å². The summed E-state index contributed by atoms with van der Waals surface area (Å²) in [5.74, 6) is 0.663. The van der Waals surface area contributed by atoms with Crippen LogP contribution in [0.4, 0.5) is 10.5 Å². The van der Waals surface area contributed by atoms with Crippen LogP contribution in [0.15, 0.2) is 23.4 Å². The largest absolute Gasteiger partial charge is 0.496 e. The number of methoxy groups -OCH3 is 1. The lowest BCUT2D eigenvalue weighted by Crippen LogP contribution is -2.20. The average Bonchev–Trinajstić information content (AvgIpc) is 2.38. The van der Waals surface area contributed by atoms with E-state index in [2.05, 4.69) is 9.99 Å². The van der Waals surface area contributed by atoms with E-state index in [1.807, 2.05) is 37.2 Å². The van der Waals surface area contributed by atoms with E-state index < -0.39 is 6.09 Å². The van der Waals surface area contributed by atoms with Gasteiger partial charge in [0.05, 0.1) is 13.3 Å². The minimum Gasteiger partial charge on any atom is -0.496 e. The van der Waals surface area contributed by atoms with Crippen LogP contribution in [0.5, 0.6) is 5.75 Å². The summed E-state index contributed by atoms with van der Waals surface area (Å²) in [5, 5.41) is 3.64. The number of benzene rings is 1. The number of ether oxygens (including phenoxy) is 1. The summed E-state index contributed by atoms with van der Waals surface area (Å²) >= 11 is 0. The number of hydrogen-bond donors (Lipinski definition) is 0. The van der Waals surface area contributed by atoms with Crippen molar-refractivity contribution in [3.05, 3.63) is 23.8 Å². The molecule has 0 saturated heterocycles. The van der Waals surface area contributed by atoms with Crippen LogP contribution < -0.4 is 9.64 Å². The summed E-state index contributed by atoms with van der Waals surface area (Å²) in [5.41, 5.74) is 1.75. The molecule has 0 saturated carbocycles. The predicted octanol–water partition coefficient (Wildman–Crippen LogP) is 1.79. The van der Waals surface area contributed by atoms with Crippen molar-refractivity contribution in [3.8, 4) is 5.75 Å². The number of oxime groups is 1. The van der Waals surface area contributed by atoms with Gasteiger partial charge in [0.1, 0.15) is 5.75 Å². The smallest absolute Gasteiger partial charge is 0.435 e. The number of rotatable bonds is 4. The Labute approximate surface area is 113 Å². The standard InChI is InChI=1S/C13H19N3O3/c1-15(2)11-7-6-10(12(8-11)18-5)9-14-19-13(17)16(3)4/h6-9H,1-5H3/b14-9+. The summed E-state index contributed by atoms with van der Waals surface area (Å²) in [6.45, 7) is 0. The molecule has 104 valence electrons. The lowest BCUT2D eigenvalue weighted by molar-refractivity contribution is 0.123. The highest BCUT2D eigenvalue weighted by Crippen LogP contribution is 2.23. The maximum absolute atomic E-state index is 11.2. The zero-order chi connectivity index (χ0) is 14.4. The summed E-state index contributed by atoms with van der Waals surface area (Å²) < 4.78 is 5.27. The van der Waals surface area contributed by atoms with Crippen LogP contribution in [0.2, 0.25) is 0 Å². The van der Waals surface area contributed by atoms with Gasteiger partial charge in [-0.05, 0) is 12.1 Å². The SMILES string of the molecule is COc1cc(N(C)C)ccc1/C=N/OC(=O)N(C)C. The molecule has 0 aliphatic rings. The quantitative estimate of drug-likeness (QED) is 0.473. The Hall–Kier alpha value is -2.24. The Morgan fingerprint density at radius 1 is 1.26 bits per heavy atom. The third-order valence-corrected chi connectivity index (χ3v) is 2.42. The summed E-state index contributed by atoms with van der Waals surface area (Å²) in [6, 6.07) is 5.66. The van der Waals surface area contributed by atoms with Gasteiger partial charge in [-0.2, -0.15) is 0 Å². The average molecular weight is 265 g/mol. The highest BCUT2D eigenvalue weighted by atomic mass is 16.7. The van der Waals surface area contributed by atoms with Gasteiger partial charge in [-0.15, -0.1) is 0 Å². The van der Waals surface area contributed by atoms with Gasteiger partial charge >= 0.3 is 6.09 Å². The van der Waals surface area contributed by atoms with Crippen molar-refractivity contribution in [2.45, 2.75) is 0 Å². The fourth-order valence-corrected chi connectivity index (χ4v) is 1.29. The molecule has 0 unspecified atom stereocenters. The maximum atomic E-state index is 11.2. The molecule has 6 heteroatoms. The fraction of sp³-hybridized carbons (Fsp3) is 0.385. The molecule has 1 aromatic carbocycles. The van der Waals surface area contributed by atoms with Crippen molar-refractivity contribution in [2.24, 2.45) is 5.16 Å². The summed E-state index contributed by atoms with van der Waals surface area (Å²) in [7, 11) is 8.65. The minimum atomic E-state index is -0.528. The van der Waals surface area contributed by atoms with E-state index in [1.54, 1.807) is 21.2 Å². The van der Waals surface area contributed by atoms with Gasteiger partial charge in [-0.25, -0.2) is 4.79 Å². The first kappa shape index (κ1) is 14.8. The first-order chi connectivity index (χ1) is 8.95. The number of carbonyl (C=O) groups is 1. The minimum absolute atomic E-state index is 0.528. The van der Waals surface area contributed by atoms with Crippen LogP contribution >= 0.6 is 0 Å². The van der Waals surface area contributed by atoms with E-state index in [0.29, 0.717) is 5.75 Å². The zero-order valence-corrected chi connectivity index (χ0v) is 11.9. The van der Waals surface area contributed by atoms with Crippen LogP contribution in [0.3, 0.4) is 0 Å². The first-order valence-corrected chi connectivity index (χ1v) is 5.72. The van der Waals surface area contributed by atoms with Crippen molar-refractivity contribution >= 4 is 18.0 Å². The van der Waals surface area contributed by atoms with Crippen molar-refractivity contribution in [3.63, 3.8) is 0 Å².